The first kappa shape index (κ1) is 14.8. The van der Waals surface area contributed by atoms with Crippen LogP contribution in [0.1, 0.15) is 0 Å². The lowest BCUT2D eigenvalue weighted by Gasteiger charge is -2.12. The third kappa shape index (κ3) is 2.66. The molecule has 0 atom stereocenters. The van der Waals surface area contributed by atoms with Gasteiger partial charge in [0.2, 0.25) is 5.82 Å². The SMILES string of the molecule is COc1ccc(-c2cc(F)c(N)cc2-c2nn[nH]n2)cc1OC. The fourth-order valence-electron chi connectivity index (χ4n) is 2.29. The van der Waals surface area contributed by atoms with Crippen LogP contribution in [0.5, 0.6) is 11.5 Å². The maximum atomic E-state index is 14.0. The molecule has 0 bridgehead atoms. The van der Waals surface area contributed by atoms with Gasteiger partial charge in [0.15, 0.2) is 11.5 Å². The summed E-state index contributed by atoms with van der Waals surface area (Å²) in [5.74, 6) is 0.901. The zero-order chi connectivity index (χ0) is 16.4. The standard InChI is InChI=1S/C15H14FN5O2/c1-22-13-4-3-8(5-14(13)23-2)9-6-11(16)12(17)7-10(9)15-18-20-21-19-15/h3-7H,17H2,1-2H3,(H,18,19,20,21). The van der Waals surface area contributed by atoms with Crippen LogP contribution < -0.4 is 15.2 Å². The van der Waals surface area contributed by atoms with Crippen molar-refractivity contribution >= 4 is 5.69 Å². The Kier molecular flexibility index (Phi) is 3.80. The molecule has 0 unspecified atom stereocenters. The van der Waals surface area contributed by atoms with Gasteiger partial charge in [-0.05, 0) is 40.6 Å². The maximum absolute atomic E-state index is 14.0. The van der Waals surface area contributed by atoms with Gasteiger partial charge in [0.25, 0.3) is 0 Å². The van der Waals surface area contributed by atoms with Gasteiger partial charge in [-0.15, -0.1) is 10.2 Å². The number of ether oxygens (including phenoxy) is 2. The molecule has 0 aliphatic heterocycles. The van der Waals surface area contributed by atoms with Crippen LogP contribution in [-0.2, 0) is 0 Å². The summed E-state index contributed by atoms with van der Waals surface area (Å²) in [5, 5.41) is 13.8. The Hall–Kier alpha value is -3.16. The Morgan fingerprint density at radius 2 is 1.83 bits per heavy atom. The molecule has 0 amide bonds. The molecule has 23 heavy (non-hydrogen) atoms. The first-order valence-electron chi connectivity index (χ1n) is 6.69. The van der Waals surface area contributed by atoms with Crippen molar-refractivity contribution in [3.05, 3.63) is 36.1 Å². The number of nitrogens with two attached hydrogens (primary N) is 1. The number of aromatic amines is 1. The van der Waals surface area contributed by atoms with Gasteiger partial charge < -0.3 is 15.2 Å². The van der Waals surface area contributed by atoms with Crippen molar-refractivity contribution in [3.63, 3.8) is 0 Å². The number of nitrogen functional groups attached to an aromatic ring is 1. The molecule has 0 aliphatic rings. The number of hydrogen-bond acceptors (Lipinski definition) is 6. The fraction of sp³-hybridized carbons (Fsp3) is 0.133. The third-order valence-electron chi connectivity index (χ3n) is 3.42. The zero-order valence-electron chi connectivity index (χ0n) is 12.5. The highest BCUT2D eigenvalue weighted by molar-refractivity contribution is 5.83. The normalized spacial score (nSPS) is 10.6. The first-order valence-corrected chi connectivity index (χ1v) is 6.69. The molecule has 0 fully saturated rings. The number of methoxy groups -OCH3 is 2. The van der Waals surface area contributed by atoms with Crippen LogP contribution in [0.15, 0.2) is 30.3 Å². The van der Waals surface area contributed by atoms with Crippen LogP contribution in [-0.4, -0.2) is 34.8 Å². The first-order chi connectivity index (χ1) is 11.1. The molecule has 1 aromatic heterocycles. The number of tetrazole rings is 1. The number of H-pyrrole nitrogens is 1. The number of aromatic nitrogens is 4. The second-order valence-corrected chi connectivity index (χ2v) is 4.72. The van der Waals surface area contributed by atoms with Crippen molar-refractivity contribution in [2.75, 3.05) is 20.0 Å². The zero-order valence-corrected chi connectivity index (χ0v) is 12.5. The summed E-state index contributed by atoms with van der Waals surface area (Å²) in [6.45, 7) is 0. The summed E-state index contributed by atoms with van der Waals surface area (Å²) in [5.41, 5.74) is 7.52. The van der Waals surface area contributed by atoms with E-state index >= 15 is 0 Å². The van der Waals surface area contributed by atoms with E-state index in [1.807, 2.05) is 0 Å². The summed E-state index contributed by atoms with van der Waals surface area (Å²) in [4.78, 5) is 0. The van der Waals surface area contributed by atoms with Crippen molar-refractivity contribution in [2.45, 2.75) is 0 Å². The van der Waals surface area contributed by atoms with E-state index in [1.54, 1.807) is 25.3 Å². The number of halogens is 1. The lowest BCUT2D eigenvalue weighted by atomic mass is 9.98. The van der Waals surface area contributed by atoms with Crippen molar-refractivity contribution in [1.29, 1.82) is 0 Å². The highest BCUT2D eigenvalue weighted by Crippen LogP contribution is 2.37. The summed E-state index contributed by atoms with van der Waals surface area (Å²) in [7, 11) is 3.08. The molecule has 3 rings (SSSR count). The van der Waals surface area contributed by atoms with Gasteiger partial charge in [0, 0.05) is 5.56 Å². The second-order valence-electron chi connectivity index (χ2n) is 4.72. The molecule has 0 spiro atoms. The van der Waals surface area contributed by atoms with Crippen LogP contribution in [0, 0.1) is 5.82 Å². The molecule has 118 valence electrons. The number of nitrogens with zero attached hydrogens (tertiary/aromatic N) is 3. The molecule has 0 aliphatic carbocycles. The van der Waals surface area contributed by atoms with E-state index in [1.165, 1.54) is 19.2 Å². The average molecular weight is 315 g/mol. The Balaban J connectivity index is 2.21. The second kappa shape index (κ2) is 5.91. The number of hydrogen-bond donors (Lipinski definition) is 2. The lowest BCUT2D eigenvalue weighted by Crippen LogP contribution is -1.96. The monoisotopic (exact) mass is 315 g/mol. The maximum Gasteiger partial charge on any atom is 0.205 e. The number of rotatable bonds is 4. The third-order valence-corrected chi connectivity index (χ3v) is 3.42. The van der Waals surface area contributed by atoms with E-state index < -0.39 is 5.82 Å². The Bertz CT molecular complexity index is 836. The summed E-state index contributed by atoms with van der Waals surface area (Å²) < 4.78 is 24.5. The Labute approximate surface area is 131 Å². The largest absolute Gasteiger partial charge is 0.493 e. The highest BCUT2D eigenvalue weighted by Gasteiger charge is 2.16. The topological polar surface area (TPSA) is 98.9 Å². The van der Waals surface area contributed by atoms with Gasteiger partial charge in [-0.2, -0.15) is 5.21 Å². The smallest absolute Gasteiger partial charge is 0.205 e. The molecular formula is C15H14FN5O2. The molecule has 0 radical (unpaired) electrons. The molecule has 0 saturated heterocycles. The fourth-order valence-corrected chi connectivity index (χ4v) is 2.29. The van der Waals surface area contributed by atoms with Crippen LogP contribution >= 0.6 is 0 Å². The molecule has 7 nitrogen and oxygen atoms in total. The van der Waals surface area contributed by atoms with Gasteiger partial charge in [-0.3, -0.25) is 0 Å². The van der Waals surface area contributed by atoms with Gasteiger partial charge in [-0.1, -0.05) is 6.07 Å². The van der Waals surface area contributed by atoms with E-state index in [0.29, 0.717) is 34.0 Å². The number of nitrogens with one attached hydrogen (secondary N) is 1. The highest BCUT2D eigenvalue weighted by atomic mass is 19.1. The predicted molar refractivity (Wildman–Crippen MR) is 82.5 cm³/mol. The van der Waals surface area contributed by atoms with E-state index in [-0.39, 0.29) is 5.69 Å². The van der Waals surface area contributed by atoms with Crippen molar-refractivity contribution in [1.82, 2.24) is 20.6 Å². The van der Waals surface area contributed by atoms with Crippen LogP contribution in [0.3, 0.4) is 0 Å². The van der Waals surface area contributed by atoms with Gasteiger partial charge in [0.1, 0.15) is 5.82 Å². The molecule has 2 aromatic carbocycles. The van der Waals surface area contributed by atoms with Crippen LogP contribution in [0.25, 0.3) is 22.5 Å². The van der Waals surface area contributed by atoms with Gasteiger partial charge in [0.05, 0.1) is 19.9 Å². The summed E-state index contributed by atoms with van der Waals surface area (Å²) in [6, 6.07) is 8.08. The molecular weight excluding hydrogens is 301 g/mol. The van der Waals surface area contributed by atoms with Gasteiger partial charge >= 0.3 is 0 Å². The van der Waals surface area contributed by atoms with Crippen LogP contribution in [0.2, 0.25) is 0 Å². The van der Waals surface area contributed by atoms with Crippen molar-refractivity contribution in [2.24, 2.45) is 0 Å². The minimum Gasteiger partial charge on any atom is -0.493 e. The molecule has 3 aromatic rings. The number of benzene rings is 2. The minimum atomic E-state index is -0.526. The molecule has 1 heterocycles. The van der Waals surface area contributed by atoms with Crippen molar-refractivity contribution < 1.29 is 13.9 Å². The van der Waals surface area contributed by atoms with E-state index in [0.717, 1.165) is 0 Å². The molecule has 3 N–H and O–H groups in total. The summed E-state index contributed by atoms with van der Waals surface area (Å²) in [6.07, 6.45) is 0. The van der Waals surface area contributed by atoms with Crippen molar-refractivity contribution in [3.8, 4) is 34.0 Å². The molecule has 0 saturated carbocycles. The number of anilines is 1. The van der Waals surface area contributed by atoms with E-state index in [2.05, 4.69) is 20.6 Å². The van der Waals surface area contributed by atoms with Gasteiger partial charge in [-0.25, -0.2) is 4.39 Å². The minimum absolute atomic E-state index is 0.00836. The predicted octanol–water partition coefficient (Wildman–Crippen LogP) is 2.27. The molecule has 8 heteroatoms. The van der Waals surface area contributed by atoms with E-state index in [4.69, 9.17) is 15.2 Å². The lowest BCUT2D eigenvalue weighted by molar-refractivity contribution is 0.355. The summed E-state index contributed by atoms with van der Waals surface area (Å²) >= 11 is 0. The Morgan fingerprint density at radius 3 is 2.48 bits per heavy atom. The quantitative estimate of drug-likeness (QED) is 0.717. The van der Waals surface area contributed by atoms with E-state index in [9.17, 15) is 4.39 Å². The van der Waals surface area contributed by atoms with Crippen LogP contribution in [0.4, 0.5) is 10.1 Å². The Morgan fingerprint density at radius 1 is 1.04 bits per heavy atom. The average Bonchev–Trinajstić information content (AvgIpc) is 3.10.